The van der Waals surface area contributed by atoms with Crippen molar-refractivity contribution in [2.24, 2.45) is 0 Å². The Morgan fingerprint density at radius 3 is 2.38 bits per heavy atom. The number of hydrogen-bond acceptors (Lipinski definition) is 2. The van der Waals surface area contributed by atoms with Crippen molar-refractivity contribution in [3.05, 3.63) is 34.6 Å². The van der Waals surface area contributed by atoms with Gasteiger partial charge in [0.1, 0.15) is 5.82 Å². The Hall–Kier alpha value is -1.82. The van der Waals surface area contributed by atoms with Crippen LogP contribution in [0.4, 0.5) is 9.18 Å². The summed E-state index contributed by atoms with van der Waals surface area (Å²) in [4.78, 5) is 28.3. The zero-order chi connectivity index (χ0) is 17.1. The molecule has 5 nitrogen and oxygen atoms in total. The Balaban J connectivity index is 1.52. The summed E-state index contributed by atoms with van der Waals surface area (Å²) in [7, 11) is 0. The fourth-order valence-electron chi connectivity index (χ4n) is 3.26. The molecule has 0 radical (unpaired) electrons. The average Bonchev–Trinajstić information content (AvgIpc) is 3.11. The second kappa shape index (κ2) is 7.38. The van der Waals surface area contributed by atoms with E-state index in [2.05, 4.69) is 5.32 Å². The molecule has 0 atom stereocenters. The van der Waals surface area contributed by atoms with Gasteiger partial charge in [-0.2, -0.15) is 0 Å². The summed E-state index contributed by atoms with van der Waals surface area (Å²) in [5.74, 6) is -1.04. The minimum Gasteiger partial charge on any atom is -0.349 e. The Labute approximate surface area is 145 Å². The predicted octanol–water partition coefficient (Wildman–Crippen LogP) is 2.89. The molecule has 0 saturated carbocycles. The summed E-state index contributed by atoms with van der Waals surface area (Å²) in [6, 6.07) is 3.97. The molecule has 0 aliphatic carbocycles. The van der Waals surface area contributed by atoms with Crippen LogP contribution in [0.3, 0.4) is 0 Å². The van der Waals surface area contributed by atoms with E-state index in [1.807, 2.05) is 9.80 Å². The van der Waals surface area contributed by atoms with Crippen LogP contribution in [-0.2, 0) is 0 Å². The lowest BCUT2D eigenvalue weighted by Crippen LogP contribution is -2.50. The number of halogens is 2. The fraction of sp³-hybridized carbons (Fsp3) is 0.529. The first kappa shape index (κ1) is 17.0. The highest BCUT2D eigenvalue weighted by molar-refractivity contribution is 6.31. The lowest BCUT2D eigenvalue weighted by atomic mass is 10.0. The first-order valence-corrected chi connectivity index (χ1v) is 8.72. The molecule has 7 heteroatoms. The summed E-state index contributed by atoms with van der Waals surface area (Å²) >= 11 is 5.82. The van der Waals surface area contributed by atoms with E-state index in [0.717, 1.165) is 25.9 Å². The molecule has 0 bridgehead atoms. The quantitative estimate of drug-likeness (QED) is 0.888. The van der Waals surface area contributed by atoms with Gasteiger partial charge in [0.05, 0.1) is 5.56 Å². The molecule has 2 aliphatic heterocycles. The van der Waals surface area contributed by atoms with Crippen LogP contribution in [0.25, 0.3) is 0 Å². The molecule has 0 spiro atoms. The van der Waals surface area contributed by atoms with Crippen molar-refractivity contribution in [2.75, 3.05) is 26.2 Å². The Morgan fingerprint density at radius 1 is 1.08 bits per heavy atom. The number of carbonyl (C=O) groups excluding carboxylic acids is 2. The highest BCUT2D eigenvalue weighted by Crippen LogP contribution is 2.18. The van der Waals surface area contributed by atoms with Gasteiger partial charge in [-0.05, 0) is 43.9 Å². The van der Waals surface area contributed by atoms with Gasteiger partial charge in [0.2, 0.25) is 0 Å². The lowest BCUT2D eigenvalue weighted by Gasteiger charge is -2.34. The monoisotopic (exact) mass is 353 g/mol. The zero-order valence-electron chi connectivity index (χ0n) is 13.4. The Bertz CT molecular complexity index is 626. The van der Waals surface area contributed by atoms with Crippen molar-refractivity contribution in [3.8, 4) is 0 Å². The maximum Gasteiger partial charge on any atom is 0.319 e. The van der Waals surface area contributed by atoms with Gasteiger partial charge in [0, 0.05) is 37.2 Å². The van der Waals surface area contributed by atoms with Gasteiger partial charge < -0.3 is 15.1 Å². The average molecular weight is 354 g/mol. The smallest absolute Gasteiger partial charge is 0.319 e. The molecule has 2 saturated heterocycles. The van der Waals surface area contributed by atoms with E-state index in [1.54, 1.807) is 0 Å². The van der Waals surface area contributed by atoms with Crippen molar-refractivity contribution < 1.29 is 14.0 Å². The van der Waals surface area contributed by atoms with Gasteiger partial charge in [-0.15, -0.1) is 0 Å². The van der Waals surface area contributed by atoms with Crippen LogP contribution in [0.15, 0.2) is 18.2 Å². The maximum atomic E-state index is 13.7. The zero-order valence-corrected chi connectivity index (χ0v) is 14.2. The van der Waals surface area contributed by atoms with Crippen LogP contribution in [0.1, 0.15) is 36.0 Å². The first-order valence-electron chi connectivity index (χ1n) is 8.34. The maximum absolute atomic E-state index is 13.7. The SMILES string of the molecule is O=C(NC1CCN(C(=O)N2CCCC2)CC1)c1cc(Cl)ccc1F. The second-order valence-corrected chi connectivity index (χ2v) is 6.77. The number of nitrogens with one attached hydrogen (secondary N) is 1. The standard InChI is InChI=1S/C17H21ClFN3O2/c18-12-3-4-15(19)14(11-12)16(23)20-13-5-9-22(10-6-13)17(24)21-7-1-2-8-21/h3-4,11,13H,1-2,5-10H2,(H,20,23). The molecule has 130 valence electrons. The lowest BCUT2D eigenvalue weighted by molar-refractivity contribution is 0.0908. The summed E-state index contributed by atoms with van der Waals surface area (Å²) in [6.45, 7) is 2.89. The Morgan fingerprint density at radius 2 is 1.71 bits per heavy atom. The predicted molar refractivity (Wildman–Crippen MR) is 89.7 cm³/mol. The third-order valence-corrected chi connectivity index (χ3v) is 4.89. The molecule has 0 unspecified atom stereocenters. The topological polar surface area (TPSA) is 52.7 Å². The minimum absolute atomic E-state index is 0.0435. The molecule has 0 aromatic heterocycles. The van der Waals surface area contributed by atoms with Gasteiger partial charge in [-0.25, -0.2) is 9.18 Å². The highest BCUT2D eigenvalue weighted by Gasteiger charge is 2.28. The molecule has 1 aromatic carbocycles. The van der Waals surface area contributed by atoms with Crippen LogP contribution < -0.4 is 5.32 Å². The van der Waals surface area contributed by atoms with E-state index >= 15 is 0 Å². The van der Waals surface area contributed by atoms with Gasteiger partial charge in [-0.3, -0.25) is 4.79 Å². The largest absolute Gasteiger partial charge is 0.349 e. The molecular weight excluding hydrogens is 333 g/mol. The van der Waals surface area contributed by atoms with E-state index in [0.29, 0.717) is 31.0 Å². The molecule has 1 aromatic rings. The van der Waals surface area contributed by atoms with Crippen LogP contribution in [-0.4, -0.2) is 54.0 Å². The van der Waals surface area contributed by atoms with E-state index in [4.69, 9.17) is 11.6 Å². The third-order valence-electron chi connectivity index (χ3n) is 4.65. The molecule has 3 rings (SSSR count). The van der Waals surface area contributed by atoms with E-state index in [1.165, 1.54) is 18.2 Å². The van der Waals surface area contributed by atoms with Gasteiger partial charge in [0.15, 0.2) is 0 Å². The molecule has 2 heterocycles. The Kier molecular flexibility index (Phi) is 5.23. The van der Waals surface area contributed by atoms with Crippen molar-refractivity contribution in [2.45, 2.75) is 31.7 Å². The number of rotatable bonds is 2. The molecular formula is C17H21ClFN3O2. The molecule has 2 aliphatic rings. The molecule has 2 fully saturated rings. The number of amides is 3. The van der Waals surface area contributed by atoms with Gasteiger partial charge in [-0.1, -0.05) is 11.6 Å². The van der Waals surface area contributed by atoms with Crippen LogP contribution in [0.5, 0.6) is 0 Å². The molecule has 3 amide bonds. The number of benzene rings is 1. The van der Waals surface area contributed by atoms with Crippen molar-refractivity contribution in [3.63, 3.8) is 0 Å². The highest BCUT2D eigenvalue weighted by atomic mass is 35.5. The van der Waals surface area contributed by atoms with Crippen molar-refractivity contribution in [1.82, 2.24) is 15.1 Å². The van der Waals surface area contributed by atoms with E-state index in [9.17, 15) is 14.0 Å². The number of likely N-dealkylation sites (tertiary alicyclic amines) is 2. The number of urea groups is 1. The van der Waals surface area contributed by atoms with E-state index < -0.39 is 11.7 Å². The van der Waals surface area contributed by atoms with E-state index in [-0.39, 0.29) is 17.6 Å². The van der Waals surface area contributed by atoms with Crippen molar-refractivity contribution >= 4 is 23.5 Å². The van der Waals surface area contributed by atoms with Crippen LogP contribution in [0, 0.1) is 5.82 Å². The molecule has 1 N–H and O–H groups in total. The van der Waals surface area contributed by atoms with Crippen molar-refractivity contribution in [1.29, 1.82) is 0 Å². The summed E-state index contributed by atoms with van der Waals surface area (Å²) < 4.78 is 13.7. The van der Waals surface area contributed by atoms with Gasteiger partial charge >= 0.3 is 6.03 Å². The van der Waals surface area contributed by atoms with Crippen LogP contribution >= 0.6 is 11.6 Å². The van der Waals surface area contributed by atoms with Crippen LogP contribution in [0.2, 0.25) is 5.02 Å². The summed E-state index contributed by atoms with van der Waals surface area (Å²) in [5, 5.41) is 3.17. The normalized spacial score (nSPS) is 18.8. The number of piperidine rings is 1. The number of carbonyl (C=O) groups is 2. The summed E-state index contributed by atoms with van der Waals surface area (Å²) in [6.07, 6.45) is 3.49. The van der Waals surface area contributed by atoms with Gasteiger partial charge in [0.25, 0.3) is 5.91 Å². The third kappa shape index (κ3) is 3.80. The number of nitrogens with zero attached hydrogens (tertiary/aromatic N) is 2. The first-order chi connectivity index (χ1) is 11.5. The summed E-state index contributed by atoms with van der Waals surface area (Å²) in [5.41, 5.74) is -0.0435. The molecule has 24 heavy (non-hydrogen) atoms. The number of hydrogen-bond donors (Lipinski definition) is 1. The minimum atomic E-state index is -0.585. The second-order valence-electron chi connectivity index (χ2n) is 6.34. The fourth-order valence-corrected chi connectivity index (χ4v) is 3.43.